The Labute approximate surface area is 258 Å². The normalized spacial score (nSPS) is 15.0. The van der Waals surface area contributed by atoms with Gasteiger partial charge in [0.15, 0.2) is 11.6 Å². The van der Waals surface area contributed by atoms with Gasteiger partial charge in [0, 0.05) is 36.8 Å². The lowest BCUT2D eigenvalue weighted by Gasteiger charge is -2.26. The Morgan fingerprint density at radius 3 is 2.27 bits per heavy atom. The molecular weight excluding hydrogens is 645 g/mol. The molecule has 234 valence electrons. The van der Waals surface area contributed by atoms with Gasteiger partial charge in [0.05, 0.1) is 28.0 Å². The fourth-order valence-electron chi connectivity index (χ4n) is 5.14. The van der Waals surface area contributed by atoms with Gasteiger partial charge >= 0.3 is 6.18 Å². The molecule has 2 aliphatic rings. The number of benzene rings is 2. The molecule has 9 nitrogen and oxygen atoms in total. The van der Waals surface area contributed by atoms with E-state index in [-0.39, 0.29) is 33.9 Å². The van der Waals surface area contributed by atoms with E-state index < -0.39 is 39.1 Å². The standard InChI is InChI=1S/C29H21ClF5N5O4S/c30-18-11-21(31)27(22(32)12-18)38-45(42,43)20-10-16-7-9-40(28(16)23(13-20)39-8-1-2-26(39)41)24-5-4-19(15-36-24)44-25-6-3-17(14-37-25)29(33,34)35/h3-6,10-15,38H,1-2,7-9H2. The second-order valence-corrected chi connectivity index (χ2v) is 12.3. The van der Waals surface area contributed by atoms with E-state index in [1.54, 1.807) is 11.0 Å². The first kappa shape index (κ1) is 30.5. The molecule has 2 aromatic carbocycles. The number of halogens is 6. The van der Waals surface area contributed by atoms with Crippen LogP contribution in [0, 0.1) is 11.6 Å². The minimum absolute atomic E-state index is 0.0698. The summed E-state index contributed by atoms with van der Waals surface area (Å²) in [7, 11) is -4.52. The van der Waals surface area contributed by atoms with Crippen LogP contribution < -0.4 is 19.3 Å². The van der Waals surface area contributed by atoms with Crippen LogP contribution in [0.3, 0.4) is 0 Å². The summed E-state index contributed by atoms with van der Waals surface area (Å²) in [6.07, 6.45) is -1.36. The average Bonchev–Trinajstić information content (AvgIpc) is 3.61. The molecule has 1 fully saturated rings. The summed E-state index contributed by atoms with van der Waals surface area (Å²) >= 11 is 5.66. The predicted molar refractivity (Wildman–Crippen MR) is 154 cm³/mol. The highest BCUT2D eigenvalue weighted by molar-refractivity contribution is 7.92. The topological polar surface area (TPSA) is 105 Å². The molecule has 4 aromatic rings. The number of rotatable bonds is 7. The zero-order valence-electron chi connectivity index (χ0n) is 22.9. The minimum Gasteiger partial charge on any atom is -0.437 e. The lowest BCUT2D eigenvalue weighted by Crippen LogP contribution is -2.27. The molecule has 1 saturated heterocycles. The summed E-state index contributed by atoms with van der Waals surface area (Å²) in [5, 5.41) is -0.245. The molecular formula is C29H21ClF5N5O4S. The van der Waals surface area contributed by atoms with Gasteiger partial charge in [-0.1, -0.05) is 11.6 Å². The molecule has 45 heavy (non-hydrogen) atoms. The number of sulfonamides is 1. The van der Waals surface area contributed by atoms with Crippen LogP contribution >= 0.6 is 11.6 Å². The Kier molecular flexibility index (Phi) is 7.77. The first-order valence-corrected chi connectivity index (χ1v) is 15.3. The van der Waals surface area contributed by atoms with Crippen molar-refractivity contribution in [2.75, 3.05) is 27.6 Å². The fourth-order valence-corrected chi connectivity index (χ4v) is 6.48. The molecule has 4 heterocycles. The summed E-state index contributed by atoms with van der Waals surface area (Å²) in [5.41, 5.74) is -0.418. The Balaban J connectivity index is 1.31. The van der Waals surface area contributed by atoms with E-state index in [1.807, 2.05) is 4.72 Å². The van der Waals surface area contributed by atoms with Crippen molar-refractivity contribution in [1.82, 2.24) is 9.97 Å². The zero-order chi connectivity index (χ0) is 32.1. The first-order chi connectivity index (χ1) is 21.3. The Morgan fingerprint density at radius 1 is 0.911 bits per heavy atom. The van der Waals surface area contributed by atoms with Gasteiger partial charge in [-0.15, -0.1) is 0 Å². The van der Waals surface area contributed by atoms with E-state index in [9.17, 15) is 35.2 Å². The second kappa shape index (κ2) is 11.5. The largest absolute Gasteiger partial charge is 0.437 e. The van der Waals surface area contributed by atoms with Gasteiger partial charge in [-0.25, -0.2) is 27.2 Å². The van der Waals surface area contributed by atoms with Crippen LogP contribution in [0.25, 0.3) is 0 Å². The maximum absolute atomic E-state index is 14.4. The van der Waals surface area contributed by atoms with Gasteiger partial charge in [0.1, 0.15) is 17.3 Å². The maximum atomic E-state index is 14.4. The van der Waals surface area contributed by atoms with E-state index in [2.05, 4.69) is 9.97 Å². The smallest absolute Gasteiger partial charge is 0.417 e. The molecule has 1 N–H and O–H groups in total. The van der Waals surface area contributed by atoms with E-state index in [1.165, 1.54) is 29.3 Å². The predicted octanol–water partition coefficient (Wildman–Crippen LogP) is 6.84. The molecule has 0 aliphatic carbocycles. The molecule has 0 spiro atoms. The number of alkyl halides is 3. The SMILES string of the molecule is O=C1CCCN1c1cc(S(=O)(=O)Nc2c(F)cc(Cl)cc2F)cc2c1N(c1ccc(Oc3ccc(C(F)(F)F)cn3)cn1)CC2. The van der Waals surface area contributed by atoms with Crippen molar-refractivity contribution in [2.45, 2.75) is 30.3 Å². The number of hydrogen-bond acceptors (Lipinski definition) is 7. The third-order valence-corrected chi connectivity index (χ3v) is 8.77. The van der Waals surface area contributed by atoms with Crippen molar-refractivity contribution in [2.24, 2.45) is 0 Å². The number of amides is 1. The van der Waals surface area contributed by atoms with E-state index in [4.69, 9.17) is 16.3 Å². The monoisotopic (exact) mass is 665 g/mol. The van der Waals surface area contributed by atoms with Crippen molar-refractivity contribution in [3.63, 3.8) is 0 Å². The van der Waals surface area contributed by atoms with Gasteiger partial charge in [-0.3, -0.25) is 9.52 Å². The number of carbonyl (C=O) groups is 1. The Bertz CT molecular complexity index is 1890. The molecule has 0 atom stereocenters. The minimum atomic E-state index is -4.53. The van der Waals surface area contributed by atoms with Crippen molar-refractivity contribution in [3.8, 4) is 11.6 Å². The van der Waals surface area contributed by atoms with Crippen LogP contribution in [0.2, 0.25) is 5.02 Å². The lowest BCUT2D eigenvalue weighted by atomic mass is 10.1. The van der Waals surface area contributed by atoms with E-state index in [0.29, 0.717) is 54.9 Å². The summed E-state index contributed by atoms with van der Waals surface area (Å²) in [6.45, 7) is 0.687. The molecule has 0 saturated carbocycles. The van der Waals surface area contributed by atoms with Gasteiger partial charge in [-0.05, 0) is 60.9 Å². The number of carbonyl (C=O) groups excluding carboxylic acids is 1. The molecule has 2 aliphatic heterocycles. The van der Waals surface area contributed by atoms with Crippen molar-refractivity contribution >= 4 is 50.4 Å². The Morgan fingerprint density at radius 2 is 1.67 bits per heavy atom. The number of pyridine rings is 2. The molecule has 0 unspecified atom stereocenters. The second-order valence-electron chi connectivity index (χ2n) is 10.2. The van der Waals surface area contributed by atoms with Crippen molar-refractivity contribution in [1.29, 1.82) is 0 Å². The zero-order valence-corrected chi connectivity index (χ0v) is 24.5. The van der Waals surface area contributed by atoms with E-state index in [0.717, 1.165) is 24.3 Å². The van der Waals surface area contributed by atoms with Gasteiger partial charge in [-0.2, -0.15) is 13.2 Å². The highest BCUT2D eigenvalue weighted by Crippen LogP contribution is 2.45. The number of nitrogens with one attached hydrogen (secondary N) is 1. The quantitative estimate of drug-likeness (QED) is 0.216. The number of aromatic nitrogens is 2. The molecule has 2 aromatic heterocycles. The van der Waals surface area contributed by atoms with Crippen LogP contribution in [-0.4, -0.2) is 37.4 Å². The molecule has 1 amide bonds. The van der Waals surface area contributed by atoms with Crippen LogP contribution in [0.5, 0.6) is 11.6 Å². The molecule has 6 rings (SSSR count). The highest BCUT2D eigenvalue weighted by atomic mass is 35.5. The summed E-state index contributed by atoms with van der Waals surface area (Å²) in [5.74, 6) is -2.05. The molecule has 0 bridgehead atoms. The van der Waals surface area contributed by atoms with Gasteiger partial charge < -0.3 is 14.5 Å². The molecule has 0 radical (unpaired) electrons. The van der Waals surface area contributed by atoms with Crippen molar-refractivity contribution < 1.29 is 39.9 Å². The number of ether oxygens (including phenoxy) is 1. The van der Waals surface area contributed by atoms with Gasteiger partial charge in [0.25, 0.3) is 10.0 Å². The van der Waals surface area contributed by atoms with Crippen LogP contribution in [0.15, 0.2) is 65.8 Å². The summed E-state index contributed by atoms with van der Waals surface area (Å²) in [6, 6.07) is 9.29. The highest BCUT2D eigenvalue weighted by Gasteiger charge is 2.34. The Hall–Kier alpha value is -4.50. The average molecular weight is 666 g/mol. The lowest BCUT2D eigenvalue weighted by molar-refractivity contribution is -0.137. The fraction of sp³-hybridized carbons (Fsp3) is 0.207. The van der Waals surface area contributed by atoms with E-state index >= 15 is 0 Å². The number of anilines is 4. The van der Waals surface area contributed by atoms with Crippen LogP contribution in [0.4, 0.5) is 44.8 Å². The number of nitrogens with zero attached hydrogens (tertiary/aromatic N) is 4. The third-order valence-electron chi connectivity index (χ3n) is 7.22. The summed E-state index contributed by atoms with van der Waals surface area (Å²) < 4.78 is 102. The maximum Gasteiger partial charge on any atom is 0.417 e. The van der Waals surface area contributed by atoms with Crippen molar-refractivity contribution in [3.05, 3.63) is 88.7 Å². The third kappa shape index (κ3) is 6.09. The number of fused-ring (bicyclic) bond motifs is 1. The van der Waals surface area contributed by atoms with Crippen LogP contribution in [0.1, 0.15) is 24.0 Å². The first-order valence-electron chi connectivity index (χ1n) is 13.4. The van der Waals surface area contributed by atoms with Gasteiger partial charge in [0.2, 0.25) is 11.8 Å². The number of hydrogen-bond donors (Lipinski definition) is 1. The van der Waals surface area contributed by atoms with Crippen LogP contribution in [-0.2, 0) is 27.4 Å². The summed E-state index contributed by atoms with van der Waals surface area (Å²) in [4.78, 5) is 23.9. The molecule has 16 heteroatoms.